The van der Waals surface area contributed by atoms with E-state index in [2.05, 4.69) is 17.1 Å². The summed E-state index contributed by atoms with van der Waals surface area (Å²) in [6.45, 7) is 6.95. The summed E-state index contributed by atoms with van der Waals surface area (Å²) in [5, 5.41) is 4.00. The Morgan fingerprint density at radius 3 is 2.69 bits per heavy atom. The summed E-state index contributed by atoms with van der Waals surface area (Å²) >= 11 is 0. The van der Waals surface area contributed by atoms with Crippen LogP contribution in [-0.2, 0) is 13.0 Å². The van der Waals surface area contributed by atoms with Gasteiger partial charge in [0.1, 0.15) is 0 Å². The molecule has 1 N–H and O–H groups in total. The molecule has 4 rings (SSSR count). The molecule has 0 saturated carbocycles. The van der Waals surface area contributed by atoms with E-state index < -0.39 is 0 Å². The molecular formula is C22H23N3O. The predicted octanol–water partition coefficient (Wildman–Crippen LogP) is 4.17. The van der Waals surface area contributed by atoms with Gasteiger partial charge in [0.2, 0.25) is 0 Å². The number of amides is 1. The molecule has 0 saturated heterocycles. The highest BCUT2D eigenvalue weighted by Gasteiger charge is 2.25. The van der Waals surface area contributed by atoms with Gasteiger partial charge in [-0.2, -0.15) is 0 Å². The minimum atomic E-state index is -0.0540. The summed E-state index contributed by atoms with van der Waals surface area (Å²) in [6.07, 6.45) is 0.888. The maximum Gasteiger partial charge on any atom is 0.256 e. The number of likely N-dealkylation sites (N-methyl/N-ethyl adjacent to an activating group) is 1. The Bertz CT molecular complexity index is 963. The number of para-hydroxylation sites is 1. The number of nitrogens with one attached hydrogen (secondary N) is 1. The zero-order valence-electron chi connectivity index (χ0n) is 15.2. The number of hydrogen-bond donors (Lipinski definition) is 1. The molecule has 26 heavy (non-hydrogen) atoms. The van der Waals surface area contributed by atoms with Crippen molar-refractivity contribution in [3.8, 4) is 0 Å². The summed E-state index contributed by atoms with van der Waals surface area (Å²) < 4.78 is 0. The third-order valence-corrected chi connectivity index (χ3v) is 5.11. The topological polar surface area (TPSA) is 45.2 Å². The Morgan fingerprint density at radius 1 is 1.15 bits per heavy atom. The fourth-order valence-electron chi connectivity index (χ4n) is 3.61. The minimum absolute atomic E-state index is 0.0540. The molecule has 3 aromatic rings. The number of benzene rings is 2. The second-order valence-corrected chi connectivity index (χ2v) is 6.87. The largest absolute Gasteiger partial charge is 0.322 e. The molecule has 0 aliphatic carbocycles. The molecule has 1 amide bonds. The van der Waals surface area contributed by atoms with Crippen LogP contribution >= 0.6 is 0 Å². The van der Waals surface area contributed by atoms with Crippen molar-refractivity contribution in [2.45, 2.75) is 26.8 Å². The molecular weight excluding hydrogens is 322 g/mol. The number of anilines is 1. The fourth-order valence-corrected chi connectivity index (χ4v) is 3.61. The number of nitrogens with zero attached hydrogens (tertiary/aromatic N) is 2. The number of hydrogen-bond acceptors (Lipinski definition) is 3. The van der Waals surface area contributed by atoms with E-state index in [9.17, 15) is 4.79 Å². The Kier molecular flexibility index (Phi) is 4.43. The van der Waals surface area contributed by atoms with Gasteiger partial charge in [-0.15, -0.1) is 0 Å². The first-order valence-corrected chi connectivity index (χ1v) is 9.16. The summed E-state index contributed by atoms with van der Waals surface area (Å²) in [5.41, 5.74) is 5.78. The summed E-state index contributed by atoms with van der Waals surface area (Å²) in [4.78, 5) is 20.4. The van der Waals surface area contributed by atoms with Crippen molar-refractivity contribution in [2.24, 2.45) is 0 Å². The number of rotatable bonds is 3. The summed E-state index contributed by atoms with van der Waals surface area (Å²) in [5.74, 6) is -0.0540. The standard InChI is InChI=1S/C22H23N3O/c1-3-25-13-12-20-18(14-25)21(17-6-4-5-7-19(17)24-20)22(26)23-16-10-8-15(2)9-11-16/h4-11H,3,12-14H2,1-2H3,(H,23,26). The first-order valence-electron chi connectivity index (χ1n) is 9.16. The van der Waals surface area contributed by atoms with Gasteiger partial charge in [0.25, 0.3) is 5.91 Å². The first-order chi connectivity index (χ1) is 12.7. The van der Waals surface area contributed by atoms with Crippen LogP contribution in [0.15, 0.2) is 48.5 Å². The first kappa shape index (κ1) is 16.7. The molecule has 2 aromatic carbocycles. The predicted molar refractivity (Wildman–Crippen MR) is 106 cm³/mol. The molecule has 2 heterocycles. The molecule has 0 spiro atoms. The number of aryl methyl sites for hydroxylation is 1. The number of carbonyl (C=O) groups excluding carboxylic acids is 1. The van der Waals surface area contributed by atoms with E-state index >= 15 is 0 Å². The monoisotopic (exact) mass is 345 g/mol. The third kappa shape index (κ3) is 3.08. The van der Waals surface area contributed by atoms with Crippen molar-refractivity contribution in [2.75, 3.05) is 18.4 Å². The van der Waals surface area contributed by atoms with Crippen LogP contribution < -0.4 is 5.32 Å². The van der Waals surface area contributed by atoms with E-state index in [1.165, 1.54) is 5.56 Å². The van der Waals surface area contributed by atoms with Crippen molar-refractivity contribution >= 4 is 22.5 Å². The number of pyridine rings is 1. The third-order valence-electron chi connectivity index (χ3n) is 5.11. The second kappa shape index (κ2) is 6.89. The lowest BCUT2D eigenvalue weighted by Gasteiger charge is -2.29. The van der Waals surface area contributed by atoms with Crippen molar-refractivity contribution in [3.63, 3.8) is 0 Å². The van der Waals surface area contributed by atoms with Crippen molar-refractivity contribution in [1.82, 2.24) is 9.88 Å². The van der Waals surface area contributed by atoms with Crippen LogP contribution in [-0.4, -0.2) is 28.9 Å². The van der Waals surface area contributed by atoms with Crippen molar-refractivity contribution < 1.29 is 4.79 Å². The highest BCUT2D eigenvalue weighted by molar-refractivity contribution is 6.13. The van der Waals surface area contributed by atoms with Gasteiger partial charge in [0.05, 0.1) is 11.1 Å². The van der Waals surface area contributed by atoms with Gasteiger partial charge in [-0.3, -0.25) is 14.7 Å². The molecule has 0 unspecified atom stereocenters. The van der Waals surface area contributed by atoms with Crippen LogP contribution in [0.4, 0.5) is 5.69 Å². The second-order valence-electron chi connectivity index (χ2n) is 6.87. The van der Waals surface area contributed by atoms with Crippen molar-refractivity contribution in [1.29, 1.82) is 0 Å². The average molecular weight is 345 g/mol. The summed E-state index contributed by atoms with van der Waals surface area (Å²) in [7, 11) is 0. The zero-order valence-corrected chi connectivity index (χ0v) is 15.2. The molecule has 0 fully saturated rings. The number of fused-ring (bicyclic) bond motifs is 2. The van der Waals surface area contributed by atoms with Crippen LogP contribution in [0.25, 0.3) is 10.9 Å². The molecule has 1 aliphatic rings. The molecule has 1 aliphatic heterocycles. The Labute approximate surface area is 153 Å². The molecule has 4 heteroatoms. The molecule has 0 bridgehead atoms. The average Bonchev–Trinajstić information content (AvgIpc) is 2.67. The van der Waals surface area contributed by atoms with E-state index in [0.717, 1.165) is 59.5 Å². The maximum absolute atomic E-state index is 13.2. The van der Waals surface area contributed by atoms with Gasteiger partial charge >= 0.3 is 0 Å². The van der Waals surface area contributed by atoms with Crippen LogP contribution in [0.3, 0.4) is 0 Å². The van der Waals surface area contributed by atoms with E-state index in [-0.39, 0.29) is 5.91 Å². The zero-order chi connectivity index (χ0) is 18.1. The lowest BCUT2D eigenvalue weighted by Crippen LogP contribution is -2.33. The molecule has 1 aromatic heterocycles. The van der Waals surface area contributed by atoms with Gasteiger partial charge < -0.3 is 5.32 Å². The number of aromatic nitrogens is 1. The van der Waals surface area contributed by atoms with Gasteiger partial charge in [-0.05, 0) is 31.7 Å². The Morgan fingerprint density at radius 2 is 1.92 bits per heavy atom. The molecule has 0 radical (unpaired) electrons. The van der Waals surface area contributed by atoms with Crippen LogP contribution in [0.2, 0.25) is 0 Å². The van der Waals surface area contributed by atoms with Gasteiger partial charge in [-0.25, -0.2) is 0 Å². The van der Waals surface area contributed by atoms with E-state index in [4.69, 9.17) is 4.98 Å². The SMILES string of the molecule is CCN1CCc2nc3ccccc3c(C(=O)Nc3ccc(C)cc3)c2C1. The van der Waals surface area contributed by atoms with E-state index in [1.54, 1.807) is 0 Å². The lowest BCUT2D eigenvalue weighted by atomic mass is 9.95. The van der Waals surface area contributed by atoms with E-state index in [0.29, 0.717) is 0 Å². The van der Waals surface area contributed by atoms with Crippen LogP contribution in [0.5, 0.6) is 0 Å². The van der Waals surface area contributed by atoms with Crippen LogP contribution in [0, 0.1) is 6.92 Å². The normalized spacial score (nSPS) is 14.2. The van der Waals surface area contributed by atoms with Gasteiger partial charge in [-0.1, -0.05) is 42.8 Å². The summed E-state index contributed by atoms with van der Waals surface area (Å²) in [6, 6.07) is 15.8. The molecule has 4 nitrogen and oxygen atoms in total. The Balaban J connectivity index is 1.81. The number of carbonyl (C=O) groups is 1. The molecule has 132 valence electrons. The van der Waals surface area contributed by atoms with Crippen LogP contribution in [0.1, 0.15) is 34.1 Å². The highest BCUT2D eigenvalue weighted by Crippen LogP contribution is 2.29. The quantitative estimate of drug-likeness (QED) is 0.775. The Hall–Kier alpha value is -2.72. The lowest BCUT2D eigenvalue weighted by molar-refractivity contribution is 0.102. The molecule has 0 atom stereocenters. The smallest absolute Gasteiger partial charge is 0.256 e. The van der Waals surface area contributed by atoms with Crippen molar-refractivity contribution in [3.05, 3.63) is 70.9 Å². The maximum atomic E-state index is 13.2. The fraction of sp³-hybridized carbons (Fsp3) is 0.273. The highest BCUT2D eigenvalue weighted by atomic mass is 16.1. The van der Waals surface area contributed by atoms with Gasteiger partial charge in [0, 0.05) is 41.8 Å². The van der Waals surface area contributed by atoms with Gasteiger partial charge in [0.15, 0.2) is 0 Å². The van der Waals surface area contributed by atoms with E-state index in [1.807, 2.05) is 55.5 Å². The minimum Gasteiger partial charge on any atom is -0.322 e.